The first-order chi connectivity index (χ1) is 14.9. The summed E-state index contributed by atoms with van der Waals surface area (Å²) in [5, 5.41) is 14.8. The van der Waals surface area contributed by atoms with Gasteiger partial charge >= 0.3 is 0 Å². The van der Waals surface area contributed by atoms with Crippen molar-refractivity contribution < 1.29 is 9.84 Å². The van der Waals surface area contributed by atoms with E-state index in [2.05, 4.69) is 45.2 Å². The number of fused-ring (bicyclic) bond motifs is 1. The Labute approximate surface area is 185 Å². The van der Waals surface area contributed by atoms with Crippen LogP contribution in [-0.2, 0) is 11.5 Å². The van der Waals surface area contributed by atoms with Gasteiger partial charge in [0.2, 0.25) is 0 Å². The number of hydrogen-bond acceptors (Lipinski definition) is 5. The zero-order chi connectivity index (χ0) is 21.8. The Balaban J connectivity index is 1.43. The van der Waals surface area contributed by atoms with Crippen molar-refractivity contribution in [3.05, 3.63) is 30.9 Å². The first-order valence-electron chi connectivity index (χ1n) is 11.5. The highest BCUT2D eigenvalue weighted by Gasteiger charge is 2.23. The minimum Gasteiger partial charge on any atom is -0.396 e. The topological polar surface area (TPSA) is 78.0 Å². The summed E-state index contributed by atoms with van der Waals surface area (Å²) >= 11 is 0. The number of ether oxygens (including phenoxy) is 1. The molecule has 4 rings (SSSR count). The second kappa shape index (κ2) is 9.63. The summed E-state index contributed by atoms with van der Waals surface area (Å²) < 4.78 is 10.1. The van der Waals surface area contributed by atoms with Crippen LogP contribution in [0.2, 0.25) is 25.7 Å². The van der Waals surface area contributed by atoms with Gasteiger partial charge in [0.1, 0.15) is 12.4 Å². The molecule has 168 valence electrons. The molecule has 0 atom stereocenters. The van der Waals surface area contributed by atoms with E-state index in [1.54, 1.807) is 0 Å². The summed E-state index contributed by atoms with van der Waals surface area (Å²) in [7, 11) is -1.09. The minimum absolute atomic E-state index is 0.298. The molecule has 0 aliphatic heterocycles. The van der Waals surface area contributed by atoms with Crippen LogP contribution in [0.3, 0.4) is 0 Å². The molecule has 1 aliphatic carbocycles. The van der Waals surface area contributed by atoms with Crippen molar-refractivity contribution in [1.29, 1.82) is 0 Å². The normalized spacial score (nSPS) is 19.9. The van der Waals surface area contributed by atoms with Gasteiger partial charge < -0.3 is 14.4 Å². The molecule has 0 saturated heterocycles. The molecule has 0 spiro atoms. The first-order valence-corrected chi connectivity index (χ1v) is 15.2. The Morgan fingerprint density at radius 2 is 1.97 bits per heavy atom. The quantitative estimate of drug-likeness (QED) is 0.384. The Kier molecular flexibility index (Phi) is 6.88. The van der Waals surface area contributed by atoms with Crippen LogP contribution in [0, 0.1) is 5.92 Å². The molecule has 3 aromatic rings. The van der Waals surface area contributed by atoms with E-state index < -0.39 is 8.07 Å². The van der Waals surface area contributed by atoms with Gasteiger partial charge in [-0.1, -0.05) is 19.6 Å². The predicted octanol–water partition coefficient (Wildman–Crippen LogP) is 4.72. The maximum atomic E-state index is 9.16. The first kappa shape index (κ1) is 22.2. The van der Waals surface area contributed by atoms with Gasteiger partial charge in [-0.25, -0.2) is 9.97 Å². The largest absolute Gasteiger partial charge is 0.396 e. The van der Waals surface area contributed by atoms with E-state index in [1.807, 2.05) is 24.7 Å². The molecule has 1 fully saturated rings. The van der Waals surface area contributed by atoms with Crippen LogP contribution in [0.4, 0.5) is 0 Å². The van der Waals surface area contributed by atoms with Gasteiger partial charge in [-0.15, -0.1) is 0 Å². The molecular weight excluding hydrogens is 406 g/mol. The van der Waals surface area contributed by atoms with Crippen molar-refractivity contribution in [2.24, 2.45) is 5.92 Å². The van der Waals surface area contributed by atoms with Crippen molar-refractivity contribution in [3.8, 4) is 11.4 Å². The van der Waals surface area contributed by atoms with Crippen LogP contribution >= 0.6 is 0 Å². The predicted molar refractivity (Wildman–Crippen MR) is 126 cm³/mol. The minimum atomic E-state index is -1.09. The molecule has 3 heterocycles. The van der Waals surface area contributed by atoms with Gasteiger partial charge in [-0.3, -0.25) is 4.68 Å². The van der Waals surface area contributed by atoms with E-state index in [4.69, 9.17) is 14.8 Å². The number of rotatable bonds is 9. The lowest BCUT2D eigenvalue weighted by Crippen LogP contribution is -2.22. The summed E-state index contributed by atoms with van der Waals surface area (Å²) in [5.41, 5.74) is 1.85. The number of aromatic nitrogens is 5. The number of aliphatic hydroxyl groups is 1. The number of aliphatic hydroxyl groups excluding tert-OH is 1. The zero-order valence-electron chi connectivity index (χ0n) is 19.0. The van der Waals surface area contributed by atoms with Crippen LogP contribution < -0.4 is 0 Å². The van der Waals surface area contributed by atoms with Crippen molar-refractivity contribution >= 4 is 19.1 Å². The van der Waals surface area contributed by atoms with Gasteiger partial charge in [0.25, 0.3) is 0 Å². The average Bonchev–Trinajstić information content (AvgIpc) is 3.38. The van der Waals surface area contributed by atoms with E-state index in [0.29, 0.717) is 31.1 Å². The fraction of sp³-hybridized carbons (Fsp3) is 0.609. The summed E-state index contributed by atoms with van der Waals surface area (Å²) in [4.78, 5) is 9.40. The van der Waals surface area contributed by atoms with Gasteiger partial charge in [0, 0.05) is 45.3 Å². The van der Waals surface area contributed by atoms with Gasteiger partial charge in [-0.2, -0.15) is 5.10 Å². The van der Waals surface area contributed by atoms with Gasteiger partial charge in [0.15, 0.2) is 5.82 Å². The third-order valence-electron chi connectivity index (χ3n) is 6.32. The highest BCUT2D eigenvalue weighted by Crippen LogP contribution is 2.34. The van der Waals surface area contributed by atoms with E-state index in [1.165, 1.54) is 0 Å². The summed E-state index contributed by atoms with van der Waals surface area (Å²) in [5.74, 6) is 1.36. The van der Waals surface area contributed by atoms with Crippen molar-refractivity contribution in [1.82, 2.24) is 24.3 Å². The summed E-state index contributed by atoms with van der Waals surface area (Å²) in [6.07, 6.45) is 13.3. The van der Waals surface area contributed by atoms with Gasteiger partial charge in [0.05, 0.1) is 17.8 Å². The second-order valence-corrected chi connectivity index (χ2v) is 15.6. The third-order valence-corrected chi connectivity index (χ3v) is 8.02. The molecule has 7 nitrogen and oxygen atoms in total. The molecule has 0 unspecified atom stereocenters. The SMILES string of the molecule is C[Si](C)(C)CCOCn1ccc2cnc(-c3cnn(C4CCC(CCO)CC4)c3)nc21. The fourth-order valence-electron chi connectivity index (χ4n) is 4.29. The molecule has 3 aromatic heterocycles. The van der Waals surface area contributed by atoms with Crippen LogP contribution in [0.5, 0.6) is 0 Å². The number of hydrogen-bond donors (Lipinski definition) is 1. The lowest BCUT2D eigenvalue weighted by atomic mass is 9.84. The zero-order valence-corrected chi connectivity index (χ0v) is 20.0. The molecule has 0 radical (unpaired) electrons. The molecule has 1 N–H and O–H groups in total. The van der Waals surface area contributed by atoms with E-state index in [9.17, 15) is 0 Å². The van der Waals surface area contributed by atoms with E-state index in [0.717, 1.165) is 61.4 Å². The average molecular weight is 442 g/mol. The Bertz CT molecular complexity index is 985. The van der Waals surface area contributed by atoms with Crippen molar-refractivity contribution in [2.75, 3.05) is 13.2 Å². The Morgan fingerprint density at radius 1 is 1.16 bits per heavy atom. The van der Waals surface area contributed by atoms with Crippen molar-refractivity contribution in [2.45, 2.75) is 70.6 Å². The summed E-state index contributed by atoms with van der Waals surface area (Å²) in [6, 6.07) is 3.62. The van der Waals surface area contributed by atoms with Crippen molar-refractivity contribution in [3.63, 3.8) is 0 Å². The van der Waals surface area contributed by atoms with E-state index in [-0.39, 0.29) is 0 Å². The van der Waals surface area contributed by atoms with Crippen LogP contribution in [0.1, 0.15) is 38.1 Å². The molecule has 31 heavy (non-hydrogen) atoms. The van der Waals surface area contributed by atoms with Gasteiger partial charge in [-0.05, 0) is 50.1 Å². The standard InChI is InChI=1S/C23H35N5O2Si/c1-31(2,3)13-12-30-17-27-10-8-19-14-24-22(26-23(19)27)20-15-25-28(16-20)21-6-4-18(5-7-21)9-11-29/h8,10,14-16,18,21,29H,4-7,9,11-13,17H2,1-3H3. The highest BCUT2D eigenvalue weighted by atomic mass is 28.3. The maximum Gasteiger partial charge on any atom is 0.164 e. The fourth-order valence-corrected chi connectivity index (χ4v) is 5.05. The maximum absolute atomic E-state index is 9.16. The highest BCUT2D eigenvalue weighted by molar-refractivity contribution is 6.76. The van der Waals surface area contributed by atoms with Crippen LogP contribution in [0.25, 0.3) is 22.4 Å². The third kappa shape index (κ3) is 5.61. The summed E-state index contributed by atoms with van der Waals surface area (Å²) in [6.45, 7) is 8.69. The number of nitrogens with zero attached hydrogens (tertiary/aromatic N) is 5. The Hall–Kier alpha value is -2.03. The molecule has 0 amide bonds. The lowest BCUT2D eigenvalue weighted by Gasteiger charge is -2.28. The van der Waals surface area contributed by atoms with E-state index >= 15 is 0 Å². The molecule has 1 aliphatic rings. The lowest BCUT2D eigenvalue weighted by molar-refractivity contribution is 0.0899. The molecule has 0 aromatic carbocycles. The second-order valence-electron chi connectivity index (χ2n) is 10.0. The van der Waals surface area contributed by atoms with Crippen LogP contribution in [-0.4, -0.2) is 50.7 Å². The monoisotopic (exact) mass is 441 g/mol. The smallest absolute Gasteiger partial charge is 0.164 e. The molecule has 8 heteroatoms. The molecular formula is C23H35N5O2Si. The Morgan fingerprint density at radius 3 is 2.71 bits per heavy atom. The van der Waals surface area contributed by atoms with Crippen LogP contribution in [0.15, 0.2) is 30.9 Å². The molecule has 0 bridgehead atoms. The molecule has 1 saturated carbocycles.